The fourth-order valence-electron chi connectivity index (χ4n) is 3.48. The maximum absolute atomic E-state index is 4.35. The Bertz CT molecular complexity index is 669. The average Bonchev–Trinajstić information content (AvgIpc) is 3.18. The SMILES string of the molecule is CN=C(NCCCc1ccccc1)NCC1CCN(c2ccccc2)C1. The van der Waals surface area contributed by atoms with Crippen LogP contribution in [0.4, 0.5) is 5.69 Å². The summed E-state index contributed by atoms with van der Waals surface area (Å²) in [5, 5.41) is 6.93. The van der Waals surface area contributed by atoms with Crippen molar-refractivity contribution in [3.05, 3.63) is 66.2 Å². The second-order valence-corrected chi connectivity index (χ2v) is 6.91. The van der Waals surface area contributed by atoms with Crippen molar-refractivity contribution < 1.29 is 0 Å². The van der Waals surface area contributed by atoms with Crippen LogP contribution in [0, 0.1) is 5.92 Å². The van der Waals surface area contributed by atoms with Crippen molar-refractivity contribution >= 4 is 11.6 Å². The molecule has 1 fully saturated rings. The third kappa shape index (κ3) is 5.51. The molecule has 4 nitrogen and oxygen atoms in total. The van der Waals surface area contributed by atoms with E-state index in [1.807, 2.05) is 7.05 Å². The lowest BCUT2D eigenvalue weighted by Crippen LogP contribution is -2.40. The van der Waals surface area contributed by atoms with Crippen LogP contribution in [0.25, 0.3) is 0 Å². The molecule has 1 aliphatic heterocycles. The van der Waals surface area contributed by atoms with Crippen LogP contribution >= 0.6 is 0 Å². The van der Waals surface area contributed by atoms with Crippen LogP contribution in [0.5, 0.6) is 0 Å². The summed E-state index contributed by atoms with van der Waals surface area (Å²) in [4.78, 5) is 6.83. The summed E-state index contributed by atoms with van der Waals surface area (Å²) in [7, 11) is 1.84. The minimum atomic E-state index is 0.665. The first-order valence-corrected chi connectivity index (χ1v) is 9.63. The number of benzene rings is 2. The van der Waals surface area contributed by atoms with Gasteiger partial charge in [-0.3, -0.25) is 4.99 Å². The summed E-state index contributed by atoms with van der Waals surface area (Å²) in [5.74, 6) is 1.58. The lowest BCUT2D eigenvalue weighted by molar-refractivity contribution is 0.565. The zero-order valence-electron chi connectivity index (χ0n) is 15.7. The predicted octanol–water partition coefficient (Wildman–Crippen LogP) is 3.31. The molecule has 0 saturated carbocycles. The van der Waals surface area contributed by atoms with Gasteiger partial charge in [-0.05, 0) is 42.9 Å². The Balaban J connectivity index is 1.34. The van der Waals surface area contributed by atoms with Gasteiger partial charge in [-0.25, -0.2) is 0 Å². The van der Waals surface area contributed by atoms with Gasteiger partial charge in [0.25, 0.3) is 0 Å². The number of hydrogen-bond acceptors (Lipinski definition) is 2. The summed E-state index contributed by atoms with van der Waals surface area (Å²) in [6.07, 6.45) is 3.43. The monoisotopic (exact) mass is 350 g/mol. The number of aliphatic imine (C=N–C) groups is 1. The maximum Gasteiger partial charge on any atom is 0.190 e. The number of nitrogens with zero attached hydrogens (tertiary/aromatic N) is 2. The molecule has 1 saturated heterocycles. The molecule has 2 N–H and O–H groups in total. The van der Waals surface area contributed by atoms with Gasteiger partial charge in [-0.2, -0.15) is 0 Å². The third-order valence-electron chi connectivity index (χ3n) is 4.97. The van der Waals surface area contributed by atoms with Gasteiger partial charge in [0.1, 0.15) is 0 Å². The van der Waals surface area contributed by atoms with Gasteiger partial charge in [-0.15, -0.1) is 0 Å². The van der Waals surface area contributed by atoms with Crippen LogP contribution in [0.3, 0.4) is 0 Å². The third-order valence-corrected chi connectivity index (χ3v) is 4.97. The van der Waals surface area contributed by atoms with Crippen molar-refractivity contribution in [1.82, 2.24) is 10.6 Å². The smallest absolute Gasteiger partial charge is 0.190 e. The second-order valence-electron chi connectivity index (χ2n) is 6.91. The van der Waals surface area contributed by atoms with Crippen molar-refractivity contribution in [3.8, 4) is 0 Å². The van der Waals surface area contributed by atoms with Crippen molar-refractivity contribution in [3.63, 3.8) is 0 Å². The molecule has 1 atom stereocenters. The highest BCUT2D eigenvalue weighted by Gasteiger charge is 2.22. The maximum atomic E-state index is 4.35. The molecular weight excluding hydrogens is 320 g/mol. The van der Waals surface area contributed by atoms with E-state index in [0.29, 0.717) is 5.92 Å². The Morgan fingerprint density at radius 3 is 2.50 bits per heavy atom. The van der Waals surface area contributed by atoms with E-state index in [1.165, 1.54) is 17.7 Å². The summed E-state index contributed by atoms with van der Waals surface area (Å²) in [6, 6.07) is 21.3. The molecule has 2 aromatic rings. The minimum absolute atomic E-state index is 0.665. The molecule has 26 heavy (non-hydrogen) atoms. The molecule has 0 bridgehead atoms. The Morgan fingerprint density at radius 1 is 1.04 bits per heavy atom. The van der Waals surface area contributed by atoms with E-state index in [9.17, 15) is 0 Å². The van der Waals surface area contributed by atoms with E-state index in [4.69, 9.17) is 0 Å². The highest BCUT2D eigenvalue weighted by atomic mass is 15.2. The Morgan fingerprint density at radius 2 is 1.77 bits per heavy atom. The number of anilines is 1. The van der Waals surface area contributed by atoms with Crippen LogP contribution in [0.1, 0.15) is 18.4 Å². The number of guanidine groups is 1. The highest BCUT2D eigenvalue weighted by Crippen LogP contribution is 2.22. The van der Waals surface area contributed by atoms with Gasteiger partial charge in [0.2, 0.25) is 0 Å². The lowest BCUT2D eigenvalue weighted by Gasteiger charge is -2.19. The molecule has 138 valence electrons. The zero-order chi connectivity index (χ0) is 18.0. The van der Waals surface area contributed by atoms with Gasteiger partial charge in [0.15, 0.2) is 5.96 Å². The number of para-hydroxylation sites is 1. The largest absolute Gasteiger partial charge is 0.371 e. The van der Waals surface area contributed by atoms with Gasteiger partial charge in [-0.1, -0.05) is 48.5 Å². The van der Waals surface area contributed by atoms with Crippen LogP contribution in [-0.4, -0.2) is 39.2 Å². The normalized spacial score (nSPS) is 17.3. The molecule has 1 aliphatic rings. The Labute approximate surface area is 157 Å². The fraction of sp³-hybridized carbons (Fsp3) is 0.409. The molecule has 4 heteroatoms. The van der Waals surface area contributed by atoms with E-state index in [0.717, 1.165) is 45.0 Å². The summed E-state index contributed by atoms with van der Waals surface area (Å²) < 4.78 is 0. The van der Waals surface area contributed by atoms with Crippen LogP contribution in [0.15, 0.2) is 65.7 Å². The molecule has 0 radical (unpaired) electrons. The molecule has 0 amide bonds. The molecule has 1 heterocycles. The van der Waals surface area contributed by atoms with Crippen LogP contribution in [-0.2, 0) is 6.42 Å². The second kappa shape index (κ2) is 9.85. The number of rotatable bonds is 7. The summed E-state index contributed by atoms with van der Waals surface area (Å²) >= 11 is 0. The van der Waals surface area contributed by atoms with E-state index >= 15 is 0 Å². The number of aryl methyl sites for hydroxylation is 1. The molecular formula is C22H30N4. The van der Waals surface area contributed by atoms with E-state index in [-0.39, 0.29) is 0 Å². The van der Waals surface area contributed by atoms with Crippen LogP contribution < -0.4 is 15.5 Å². The first-order chi connectivity index (χ1) is 12.8. The first-order valence-electron chi connectivity index (χ1n) is 9.63. The molecule has 0 aromatic heterocycles. The fourth-order valence-corrected chi connectivity index (χ4v) is 3.48. The quantitative estimate of drug-likeness (QED) is 0.457. The highest BCUT2D eigenvalue weighted by molar-refractivity contribution is 5.79. The average molecular weight is 351 g/mol. The zero-order valence-corrected chi connectivity index (χ0v) is 15.7. The summed E-state index contributed by atoms with van der Waals surface area (Å²) in [6.45, 7) is 4.17. The van der Waals surface area contributed by atoms with E-state index in [1.54, 1.807) is 0 Å². The topological polar surface area (TPSA) is 39.7 Å². The number of hydrogen-bond donors (Lipinski definition) is 2. The number of nitrogens with one attached hydrogen (secondary N) is 2. The molecule has 1 unspecified atom stereocenters. The van der Waals surface area contributed by atoms with E-state index < -0.39 is 0 Å². The molecule has 2 aromatic carbocycles. The van der Waals surface area contributed by atoms with Crippen molar-refractivity contribution in [2.75, 3.05) is 38.1 Å². The standard InChI is InChI=1S/C22H30N4/c1-23-22(24-15-8-11-19-9-4-2-5-10-19)25-17-20-14-16-26(18-20)21-12-6-3-7-13-21/h2-7,9-10,12-13,20H,8,11,14-18H2,1H3,(H2,23,24,25). The van der Waals surface area contributed by atoms with Gasteiger partial charge >= 0.3 is 0 Å². The predicted molar refractivity (Wildman–Crippen MR) is 111 cm³/mol. The Hall–Kier alpha value is -2.49. The first kappa shape index (κ1) is 18.3. The molecule has 3 rings (SSSR count). The Kier molecular flexibility index (Phi) is 6.94. The van der Waals surface area contributed by atoms with Gasteiger partial charge in [0.05, 0.1) is 0 Å². The van der Waals surface area contributed by atoms with Gasteiger partial charge in [0, 0.05) is 38.9 Å². The van der Waals surface area contributed by atoms with E-state index in [2.05, 4.69) is 81.2 Å². The van der Waals surface area contributed by atoms with Crippen molar-refractivity contribution in [2.45, 2.75) is 19.3 Å². The van der Waals surface area contributed by atoms with Gasteiger partial charge < -0.3 is 15.5 Å². The molecule has 0 spiro atoms. The van der Waals surface area contributed by atoms with Crippen molar-refractivity contribution in [2.24, 2.45) is 10.9 Å². The molecule has 0 aliphatic carbocycles. The summed E-state index contributed by atoms with van der Waals surface area (Å²) in [5.41, 5.74) is 2.72. The lowest BCUT2D eigenvalue weighted by atomic mass is 10.1. The minimum Gasteiger partial charge on any atom is -0.371 e. The van der Waals surface area contributed by atoms with Crippen molar-refractivity contribution in [1.29, 1.82) is 0 Å². The van der Waals surface area contributed by atoms with Crippen LogP contribution in [0.2, 0.25) is 0 Å².